The van der Waals surface area contributed by atoms with Crippen molar-refractivity contribution in [3.8, 4) is 0 Å². The molecule has 1 N–H and O–H groups in total. The van der Waals surface area contributed by atoms with E-state index < -0.39 is 0 Å². The topological polar surface area (TPSA) is 103 Å². The molecule has 0 fully saturated rings. The molecule has 0 radical (unpaired) electrons. The van der Waals surface area contributed by atoms with E-state index in [1.54, 1.807) is 0 Å². The van der Waals surface area contributed by atoms with Gasteiger partial charge in [0.05, 0.1) is 126 Å². The maximum absolute atomic E-state index is 8.57. The Morgan fingerprint density at radius 3 is 0.975 bits per heavy atom. The fourth-order valence-electron chi connectivity index (χ4n) is 3.29. The summed E-state index contributed by atoms with van der Waals surface area (Å²) >= 11 is 0. The van der Waals surface area contributed by atoms with Crippen LogP contribution in [0, 0.1) is 0 Å². The number of benzene rings is 1. The molecule has 10 heteroatoms. The minimum atomic E-state index is 0.0295. The second-order valence-corrected chi connectivity index (χ2v) is 9.93. The van der Waals surface area contributed by atoms with Crippen LogP contribution in [0.3, 0.4) is 0 Å². The van der Waals surface area contributed by atoms with Crippen molar-refractivity contribution >= 4 is 0 Å². The minimum Gasteiger partial charge on any atom is -0.394 e. The van der Waals surface area contributed by atoms with E-state index in [1.807, 2.05) is 0 Å². The fourth-order valence-corrected chi connectivity index (χ4v) is 3.29. The summed E-state index contributed by atoms with van der Waals surface area (Å²) in [5.41, 5.74) is 2.82. The number of ether oxygens (including phenoxy) is 9. The van der Waals surface area contributed by atoms with Crippen LogP contribution in [0.1, 0.15) is 31.9 Å². The maximum atomic E-state index is 8.57. The van der Waals surface area contributed by atoms with E-state index in [0.717, 1.165) is 6.42 Å². The normalized spacial score (nSPS) is 11.9. The van der Waals surface area contributed by atoms with Crippen LogP contribution in [0.25, 0.3) is 0 Å². The summed E-state index contributed by atoms with van der Waals surface area (Å²) in [6.45, 7) is 16.1. The van der Waals surface area contributed by atoms with Crippen molar-refractivity contribution in [3.05, 3.63) is 35.4 Å². The third-order valence-electron chi connectivity index (χ3n) is 5.57. The first-order valence-electron chi connectivity index (χ1n) is 14.4. The van der Waals surface area contributed by atoms with Crippen molar-refractivity contribution in [1.29, 1.82) is 0 Å². The molecule has 0 heterocycles. The van der Waals surface area contributed by atoms with Gasteiger partial charge in [0.15, 0.2) is 0 Å². The van der Waals surface area contributed by atoms with Gasteiger partial charge in [0.1, 0.15) is 0 Å². The Morgan fingerprint density at radius 2 is 0.700 bits per heavy atom. The summed E-state index contributed by atoms with van der Waals surface area (Å²) in [4.78, 5) is 0. The zero-order chi connectivity index (χ0) is 29.0. The molecule has 0 aromatic heterocycles. The van der Waals surface area contributed by atoms with Crippen molar-refractivity contribution in [2.24, 2.45) is 0 Å². The molecule has 0 saturated heterocycles. The monoisotopic (exact) mass is 574 g/mol. The standard InChI is InChI=1S/C30H54O10/c1-30(2,3)29-6-4-28(5-7-29)8-10-32-12-14-34-16-18-36-20-22-38-24-26-40-27-25-39-23-21-37-19-17-35-15-13-33-11-9-31/h4-7,31H,8-27H2,1-3H3. The lowest BCUT2D eigenvalue weighted by molar-refractivity contribution is -0.0254. The Morgan fingerprint density at radius 1 is 0.425 bits per heavy atom. The van der Waals surface area contributed by atoms with Crippen LogP contribution in [0.2, 0.25) is 0 Å². The van der Waals surface area contributed by atoms with E-state index in [0.29, 0.717) is 119 Å². The number of aliphatic hydroxyl groups excluding tert-OH is 1. The van der Waals surface area contributed by atoms with E-state index in [2.05, 4.69) is 45.0 Å². The molecule has 0 amide bonds. The van der Waals surface area contributed by atoms with Gasteiger partial charge in [-0.3, -0.25) is 0 Å². The highest BCUT2D eigenvalue weighted by molar-refractivity contribution is 5.27. The van der Waals surface area contributed by atoms with Gasteiger partial charge in [-0.15, -0.1) is 0 Å². The molecule has 0 saturated carbocycles. The minimum absolute atomic E-state index is 0.0295. The lowest BCUT2D eigenvalue weighted by Crippen LogP contribution is -2.15. The largest absolute Gasteiger partial charge is 0.394 e. The van der Waals surface area contributed by atoms with Gasteiger partial charge in [-0.25, -0.2) is 0 Å². The van der Waals surface area contributed by atoms with Gasteiger partial charge in [0, 0.05) is 0 Å². The summed E-state index contributed by atoms with van der Waals surface area (Å²) in [5.74, 6) is 0. The molecule has 0 bridgehead atoms. The number of hydrogen-bond donors (Lipinski definition) is 1. The predicted molar refractivity (Wildman–Crippen MR) is 153 cm³/mol. The van der Waals surface area contributed by atoms with E-state index >= 15 is 0 Å². The molecule has 10 nitrogen and oxygen atoms in total. The smallest absolute Gasteiger partial charge is 0.0701 e. The molecular weight excluding hydrogens is 520 g/mol. The SMILES string of the molecule is CC(C)(C)c1ccc(CCOCCOCCOCCOCCOCCOCCOCCOCCOCCO)cc1. The number of aliphatic hydroxyl groups is 1. The summed E-state index contributed by atoms with van der Waals surface area (Å²) in [6, 6.07) is 8.78. The molecule has 0 aliphatic rings. The molecule has 0 atom stereocenters. The molecule has 0 unspecified atom stereocenters. The van der Waals surface area contributed by atoms with Crippen LogP contribution in [-0.4, -0.2) is 131 Å². The zero-order valence-corrected chi connectivity index (χ0v) is 25.1. The maximum Gasteiger partial charge on any atom is 0.0701 e. The second-order valence-electron chi connectivity index (χ2n) is 9.93. The van der Waals surface area contributed by atoms with Crippen LogP contribution in [0.5, 0.6) is 0 Å². The van der Waals surface area contributed by atoms with E-state index in [1.165, 1.54) is 11.1 Å². The quantitative estimate of drug-likeness (QED) is 0.144. The zero-order valence-electron chi connectivity index (χ0n) is 25.1. The molecule has 1 aromatic rings. The van der Waals surface area contributed by atoms with Gasteiger partial charge in [0.2, 0.25) is 0 Å². The van der Waals surface area contributed by atoms with Crippen LogP contribution >= 0.6 is 0 Å². The van der Waals surface area contributed by atoms with Crippen LogP contribution in [0.4, 0.5) is 0 Å². The van der Waals surface area contributed by atoms with Gasteiger partial charge in [-0.1, -0.05) is 45.0 Å². The van der Waals surface area contributed by atoms with Crippen molar-refractivity contribution in [3.63, 3.8) is 0 Å². The van der Waals surface area contributed by atoms with Crippen LogP contribution in [0.15, 0.2) is 24.3 Å². The highest BCUT2D eigenvalue weighted by atomic mass is 16.6. The Bertz CT molecular complexity index is 651. The van der Waals surface area contributed by atoms with Gasteiger partial charge in [-0.05, 0) is 23.0 Å². The third-order valence-corrected chi connectivity index (χ3v) is 5.57. The van der Waals surface area contributed by atoms with E-state index in [-0.39, 0.29) is 12.0 Å². The van der Waals surface area contributed by atoms with E-state index in [9.17, 15) is 0 Å². The van der Waals surface area contributed by atoms with E-state index in [4.69, 9.17) is 47.7 Å². The fraction of sp³-hybridized carbons (Fsp3) is 0.800. The van der Waals surface area contributed by atoms with Gasteiger partial charge < -0.3 is 47.7 Å². The Hall–Kier alpha value is -1.18. The van der Waals surface area contributed by atoms with Crippen molar-refractivity contribution in [2.45, 2.75) is 32.6 Å². The first-order chi connectivity index (χ1) is 19.5. The van der Waals surface area contributed by atoms with Crippen molar-refractivity contribution in [1.82, 2.24) is 0 Å². The summed E-state index contributed by atoms with van der Waals surface area (Å²) in [5, 5.41) is 8.57. The molecule has 1 rings (SSSR count). The van der Waals surface area contributed by atoms with Crippen LogP contribution < -0.4 is 0 Å². The predicted octanol–water partition coefficient (Wildman–Crippen LogP) is 2.67. The third kappa shape index (κ3) is 23.5. The first kappa shape index (κ1) is 36.8. The van der Waals surface area contributed by atoms with Gasteiger partial charge >= 0.3 is 0 Å². The molecule has 0 spiro atoms. The molecule has 0 aliphatic carbocycles. The average Bonchev–Trinajstić information content (AvgIpc) is 2.94. The highest BCUT2D eigenvalue weighted by Crippen LogP contribution is 2.22. The molecule has 234 valence electrons. The lowest BCUT2D eigenvalue weighted by Gasteiger charge is -2.19. The van der Waals surface area contributed by atoms with Crippen molar-refractivity contribution < 1.29 is 47.7 Å². The van der Waals surface area contributed by atoms with Crippen molar-refractivity contribution in [2.75, 3.05) is 126 Å². The second kappa shape index (κ2) is 26.7. The average molecular weight is 575 g/mol. The molecule has 1 aromatic carbocycles. The van der Waals surface area contributed by atoms with Crippen LogP contribution in [-0.2, 0) is 54.5 Å². The Labute approximate surface area is 241 Å². The van der Waals surface area contributed by atoms with Gasteiger partial charge in [-0.2, -0.15) is 0 Å². The number of hydrogen-bond acceptors (Lipinski definition) is 10. The molecule has 40 heavy (non-hydrogen) atoms. The first-order valence-corrected chi connectivity index (χ1v) is 14.4. The molecular formula is C30H54O10. The number of rotatable bonds is 29. The lowest BCUT2D eigenvalue weighted by atomic mass is 9.86. The molecule has 0 aliphatic heterocycles. The highest BCUT2D eigenvalue weighted by Gasteiger charge is 2.12. The Balaban J connectivity index is 1.70. The van der Waals surface area contributed by atoms with Gasteiger partial charge in [0.25, 0.3) is 0 Å². The summed E-state index contributed by atoms with van der Waals surface area (Å²) < 4.78 is 48.9. The summed E-state index contributed by atoms with van der Waals surface area (Å²) in [7, 11) is 0. The summed E-state index contributed by atoms with van der Waals surface area (Å²) in [6.07, 6.45) is 0.907. The Kier molecular flexibility index (Phi) is 24.6.